The van der Waals surface area contributed by atoms with Crippen molar-refractivity contribution in [2.45, 2.75) is 113 Å². The van der Waals surface area contributed by atoms with Gasteiger partial charge in [0.2, 0.25) is 0 Å². The van der Waals surface area contributed by atoms with Crippen LogP contribution in [0.3, 0.4) is 0 Å². The second-order valence-corrected chi connectivity index (χ2v) is 10.2. The fourth-order valence-electron chi connectivity index (χ4n) is 5.79. The number of nitrogens with one attached hydrogen (secondary N) is 2. The van der Waals surface area contributed by atoms with Gasteiger partial charge in [-0.2, -0.15) is 0 Å². The molecule has 2 saturated heterocycles. The molecule has 11 heteroatoms. The molecule has 1 amide bonds. The van der Waals surface area contributed by atoms with Crippen molar-refractivity contribution in [3.8, 4) is 0 Å². The molecule has 0 unspecified atom stereocenters. The Labute approximate surface area is 203 Å². The number of H-pyrrole nitrogens is 1. The van der Waals surface area contributed by atoms with Crippen molar-refractivity contribution in [2.24, 2.45) is 0 Å². The molecule has 4 aliphatic rings. The zero-order valence-corrected chi connectivity index (χ0v) is 19.8. The molecule has 194 valence electrons. The van der Waals surface area contributed by atoms with Crippen molar-refractivity contribution in [2.75, 3.05) is 6.61 Å². The van der Waals surface area contributed by atoms with E-state index in [2.05, 4.69) is 15.3 Å². The largest absolute Gasteiger partial charge is 0.480 e. The molecule has 0 aromatic carbocycles. The van der Waals surface area contributed by atoms with Gasteiger partial charge in [0, 0.05) is 44.0 Å². The first-order chi connectivity index (χ1) is 16.9. The number of aromatic amines is 1. The van der Waals surface area contributed by atoms with Crippen molar-refractivity contribution in [1.82, 2.24) is 15.3 Å². The van der Waals surface area contributed by atoms with Crippen LogP contribution in [0.4, 0.5) is 0 Å². The Morgan fingerprint density at radius 2 is 1.74 bits per heavy atom. The third-order valence-corrected chi connectivity index (χ3v) is 7.67. The van der Waals surface area contributed by atoms with Crippen LogP contribution in [0.2, 0.25) is 0 Å². The fourth-order valence-corrected chi connectivity index (χ4v) is 5.79. The maximum absolute atomic E-state index is 13.4. The third kappa shape index (κ3) is 5.24. The number of carboxylic acids is 1. The average molecular weight is 494 g/mol. The molecule has 5 atom stereocenters. The van der Waals surface area contributed by atoms with Crippen LogP contribution in [-0.4, -0.2) is 80.7 Å². The van der Waals surface area contributed by atoms with Gasteiger partial charge in [0.1, 0.15) is 24.4 Å². The number of hydrogen-bond donors (Lipinski definition) is 4. The molecule has 2 spiro atoms. The molecule has 5 rings (SSSR count). The number of aliphatic hydroxyl groups excluding tert-OH is 1. The summed E-state index contributed by atoms with van der Waals surface area (Å²) in [5.74, 6) is -3.45. The first-order valence-electron chi connectivity index (χ1n) is 12.7. The SMILES string of the molecule is O=C(O)[C@H](Cc1cnc[nH]1)NC(=O)[C@@H]1OC2(CCCCC2)O[C@@H]1[C@@H](O)[C@@H]1COC2(CCCCC2)O1. The molecule has 4 fully saturated rings. The van der Waals surface area contributed by atoms with Gasteiger partial charge in [0.15, 0.2) is 17.7 Å². The number of amides is 1. The molecule has 2 aliphatic heterocycles. The number of aliphatic carboxylic acids is 1. The van der Waals surface area contributed by atoms with Crippen LogP contribution in [-0.2, 0) is 35.0 Å². The van der Waals surface area contributed by atoms with Gasteiger partial charge in [-0.25, -0.2) is 9.78 Å². The van der Waals surface area contributed by atoms with Crippen LogP contribution in [0.1, 0.15) is 69.9 Å². The third-order valence-electron chi connectivity index (χ3n) is 7.67. The Morgan fingerprint density at radius 1 is 1.06 bits per heavy atom. The minimum atomic E-state index is -1.19. The van der Waals surface area contributed by atoms with Gasteiger partial charge in [-0.15, -0.1) is 0 Å². The summed E-state index contributed by atoms with van der Waals surface area (Å²) in [4.78, 5) is 32.0. The summed E-state index contributed by atoms with van der Waals surface area (Å²) in [5.41, 5.74) is 0.580. The summed E-state index contributed by atoms with van der Waals surface area (Å²) < 4.78 is 24.7. The number of nitrogens with zero attached hydrogens (tertiary/aromatic N) is 1. The lowest BCUT2D eigenvalue weighted by molar-refractivity contribution is -0.217. The normalized spacial score (nSPS) is 31.4. The Bertz CT molecular complexity index is 881. The minimum absolute atomic E-state index is 0.0368. The number of hydrogen-bond acceptors (Lipinski definition) is 8. The van der Waals surface area contributed by atoms with Gasteiger partial charge in [-0.05, 0) is 25.7 Å². The van der Waals surface area contributed by atoms with Crippen molar-refractivity contribution in [3.05, 3.63) is 18.2 Å². The minimum Gasteiger partial charge on any atom is -0.480 e. The van der Waals surface area contributed by atoms with E-state index in [1.807, 2.05) is 0 Å². The zero-order valence-electron chi connectivity index (χ0n) is 19.8. The Hall–Kier alpha value is -2.05. The predicted molar refractivity (Wildman–Crippen MR) is 120 cm³/mol. The quantitative estimate of drug-likeness (QED) is 0.442. The number of imidazole rings is 1. The summed E-state index contributed by atoms with van der Waals surface area (Å²) in [6.45, 7) is 0.208. The molecule has 1 aromatic heterocycles. The van der Waals surface area contributed by atoms with Gasteiger partial charge in [-0.1, -0.05) is 12.8 Å². The second-order valence-electron chi connectivity index (χ2n) is 10.2. The lowest BCUT2D eigenvalue weighted by atomic mass is 9.94. The van der Waals surface area contributed by atoms with Crippen LogP contribution < -0.4 is 5.32 Å². The number of carbonyl (C=O) groups is 2. The van der Waals surface area contributed by atoms with Crippen molar-refractivity contribution >= 4 is 11.9 Å². The van der Waals surface area contributed by atoms with Gasteiger partial charge < -0.3 is 39.5 Å². The maximum Gasteiger partial charge on any atom is 0.326 e. The molecule has 35 heavy (non-hydrogen) atoms. The standard InChI is InChI=1S/C24H35N3O8/c28-18(17-13-32-23(33-17)7-3-1-4-8-23)19-20(35-24(34-19)9-5-2-6-10-24)21(29)27-16(22(30)31)11-15-12-25-14-26-15/h12,14,16-20,28H,1-11,13H2,(H,25,26)(H,27,29)(H,30,31)/t16-,17-,18-,19+,20+/m0/s1. The number of ether oxygens (including phenoxy) is 4. The summed E-state index contributed by atoms with van der Waals surface area (Å²) in [7, 11) is 0. The molecule has 1 aromatic rings. The van der Waals surface area contributed by atoms with Gasteiger partial charge in [0.25, 0.3) is 5.91 Å². The molecule has 3 heterocycles. The van der Waals surface area contributed by atoms with E-state index in [1.165, 1.54) is 12.5 Å². The Morgan fingerprint density at radius 3 is 2.37 bits per heavy atom. The number of rotatable bonds is 7. The molecule has 4 N–H and O–H groups in total. The van der Waals surface area contributed by atoms with Crippen LogP contribution >= 0.6 is 0 Å². The summed E-state index contributed by atoms with van der Waals surface area (Å²) in [6.07, 6.45) is 7.77. The molecule has 0 bridgehead atoms. The van der Waals surface area contributed by atoms with Crippen LogP contribution in [0.5, 0.6) is 0 Å². The zero-order chi connectivity index (χ0) is 24.5. The van der Waals surface area contributed by atoms with Crippen molar-refractivity contribution in [3.63, 3.8) is 0 Å². The van der Waals surface area contributed by atoms with Crippen LogP contribution in [0.25, 0.3) is 0 Å². The highest BCUT2D eigenvalue weighted by atomic mass is 16.8. The van der Waals surface area contributed by atoms with Crippen molar-refractivity contribution < 1.29 is 38.7 Å². The molecular weight excluding hydrogens is 458 g/mol. The number of aromatic nitrogens is 2. The average Bonchev–Trinajstić information content (AvgIpc) is 3.59. The molecule has 11 nitrogen and oxygen atoms in total. The number of aliphatic hydroxyl groups is 1. The van der Waals surface area contributed by atoms with E-state index in [-0.39, 0.29) is 13.0 Å². The van der Waals surface area contributed by atoms with Gasteiger partial charge in [0.05, 0.1) is 12.9 Å². The van der Waals surface area contributed by atoms with E-state index in [1.54, 1.807) is 0 Å². The second kappa shape index (κ2) is 10.1. The first-order valence-corrected chi connectivity index (χ1v) is 12.7. The highest BCUT2D eigenvalue weighted by Crippen LogP contribution is 2.44. The van der Waals surface area contributed by atoms with E-state index in [9.17, 15) is 19.8 Å². The lowest BCUT2D eigenvalue weighted by Crippen LogP contribution is -2.53. The molecule has 2 aliphatic carbocycles. The van der Waals surface area contributed by atoms with E-state index < -0.39 is 53.9 Å². The van der Waals surface area contributed by atoms with Gasteiger partial charge in [-0.3, -0.25) is 4.79 Å². The topological polar surface area (TPSA) is 152 Å². The van der Waals surface area contributed by atoms with Crippen LogP contribution in [0.15, 0.2) is 12.5 Å². The number of carboxylic acid groups (broad SMARTS) is 1. The molecule has 2 saturated carbocycles. The molecular formula is C24H35N3O8. The smallest absolute Gasteiger partial charge is 0.326 e. The summed E-state index contributed by atoms with van der Waals surface area (Å²) >= 11 is 0. The highest BCUT2D eigenvalue weighted by Gasteiger charge is 2.56. The van der Waals surface area contributed by atoms with E-state index in [0.717, 1.165) is 51.4 Å². The Balaban J connectivity index is 1.31. The maximum atomic E-state index is 13.4. The summed E-state index contributed by atoms with van der Waals surface area (Å²) in [6, 6.07) is -1.19. The first kappa shape index (κ1) is 24.6. The summed E-state index contributed by atoms with van der Waals surface area (Å²) in [5, 5.41) is 23.6. The van der Waals surface area contributed by atoms with Crippen LogP contribution in [0, 0.1) is 0 Å². The van der Waals surface area contributed by atoms with Gasteiger partial charge >= 0.3 is 5.97 Å². The number of carbonyl (C=O) groups excluding carboxylic acids is 1. The Kier molecular flexibility index (Phi) is 7.13. The fraction of sp³-hybridized carbons (Fsp3) is 0.792. The van der Waals surface area contributed by atoms with Crippen molar-refractivity contribution in [1.29, 1.82) is 0 Å². The monoisotopic (exact) mass is 493 g/mol. The lowest BCUT2D eigenvalue weighted by Gasteiger charge is -2.34. The molecule has 0 radical (unpaired) electrons. The van der Waals surface area contributed by atoms with E-state index in [4.69, 9.17) is 18.9 Å². The predicted octanol–water partition coefficient (Wildman–Crippen LogP) is 1.40. The van der Waals surface area contributed by atoms with E-state index >= 15 is 0 Å². The highest BCUT2D eigenvalue weighted by molar-refractivity contribution is 5.87. The van der Waals surface area contributed by atoms with E-state index in [0.29, 0.717) is 18.5 Å².